The molecule has 0 saturated carbocycles. The number of nitrogens with zero attached hydrogens (tertiary/aromatic N) is 2. The van der Waals surface area contributed by atoms with Crippen LogP contribution in [-0.2, 0) is 4.79 Å². The zero-order valence-corrected chi connectivity index (χ0v) is 13.0. The largest absolute Gasteiger partial charge is 0.347 e. The second kappa shape index (κ2) is 5.69. The lowest BCUT2D eigenvalue weighted by molar-refractivity contribution is -0.132. The van der Waals surface area contributed by atoms with Crippen molar-refractivity contribution >= 4 is 46.4 Å². The Hall–Kier alpha value is -0.780. The van der Waals surface area contributed by atoms with E-state index in [1.807, 2.05) is 0 Å². The molecular formula is C12H14Cl2N2O2S. The molecule has 104 valence electrons. The van der Waals surface area contributed by atoms with Crippen LogP contribution in [0.15, 0.2) is 6.07 Å². The molecule has 0 aliphatic carbocycles. The highest BCUT2D eigenvalue weighted by Crippen LogP contribution is 2.33. The fourth-order valence-corrected chi connectivity index (χ4v) is 3.65. The van der Waals surface area contributed by atoms with Crippen LogP contribution >= 0.6 is 34.5 Å². The first-order chi connectivity index (χ1) is 8.91. The normalized spacial score (nSPS) is 18.7. The van der Waals surface area contributed by atoms with Gasteiger partial charge in [0, 0.05) is 20.6 Å². The topological polar surface area (TPSA) is 40.6 Å². The molecule has 1 atom stereocenters. The van der Waals surface area contributed by atoms with E-state index >= 15 is 0 Å². The van der Waals surface area contributed by atoms with E-state index in [1.54, 1.807) is 25.1 Å². The Balaban J connectivity index is 2.23. The highest BCUT2D eigenvalue weighted by molar-refractivity contribution is 7.20. The smallest absolute Gasteiger partial charge is 0.256 e. The standard InChI is InChI=1S/C12H14Cl2N2O2S/c1-15(2)12(18)8-4-3-5-16(8)11(17)7-6-9(13)19-10(7)14/h6,8H,3-5H2,1-2H3/t8-/m0/s1. The minimum absolute atomic E-state index is 0.0525. The van der Waals surface area contributed by atoms with Gasteiger partial charge in [0.1, 0.15) is 10.4 Å². The molecule has 1 aromatic rings. The molecule has 1 aliphatic heterocycles. The number of rotatable bonds is 2. The molecule has 0 unspecified atom stereocenters. The molecule has 1 saturated heterocycles. The molecule has 19 heavy (non-hydrogen) atoms. The Morgan fingerprint density at radius 3 is 2.63 bits per heavy atom. The van der Waals surface area contributed by atoms with E-state index in [9.17, 15) is 9.59 Å². The van der Waals surface area contributed by atoms with Crippen molar-refractivity contribution < 1.29 is 9.59 Å². The van der Waals surface area contributed by atoms with Gasteiger partial charge in [-0.3, -0.25) is 9.59 Å². The van der Waals surface area contributed by atoms with E-state index in [0.29, 0.717) is 27.2 Å². The molecule has 0 N–H and O–H groups in total. The molecule has 1 aliphatic rings. The summed E-state index contributed by atoms with van der Waals surface area (Å²) in [5, 5.41) is 0. The Morgan fingerprint density at radius 1 is 1.42 bits per heavy atom. The van der Waals surface area contributed by atoms with Gasteiger partial charge in [-0.15, -0.1) is 11.3 Å². The third-order valence-corrected chi connectivity index (χ3v) is 4.61. The van der Waals surface area contributed by atoms with Crippen molar-refractivity contribution in [1.82, 2.24) is 9.80 Å². The van der Waals surface area contributed by atoms with Crippen molar-refractivity contribution in [2.45, 2.75) is 18.9 Å². The van der Waals surface area contributed by atoms with Crippen LogP contribution in [-0.4, -0.2) is 48.3 Å². The number of carbonyl (C=O) groups excluding carboxylic acids is 2. The summed E-state index contributed by atoms with van der Waals surface area (Å²) in [6.07, 6.45) is 1.52. The maximum Gasteiger partial charge on any atom is 0.256 e. The van der Waals surface area contributed by atoms with Crippen LogP contribution in [0.2, 0.25) is 8.67 Å². The predicted molar refractivity (Wildman–Crippen MR) is 77.1 cm³/mol. The van der Waals surface area contributed by atoms with Crippen LogP contribution in [0.25, 0.3) is 0 Å². The lowest BCUT2D eigenvalue weighted by Gasteiger charge is -2.26. The van der Waals surface area contributed by atoms with Crippen LogP contribution in [0.1, 0.15) is 23.2 Å². The van der Waals surface area contributed by atoms with Gasteiger partial charge in [-0.2, -0.15) is 0 Å². The third kappa shape index (κ3) is 2.88. The molecule has 2 amide bonds. The summed E-state index contributed by atoms with van der Waals surface area (Å²) >= 11 is 13.0. The molecule has 2 heterocycles. The summed E-state index contributed by atoms with van der Waals surface area (Å²) in [5.41, 5.74) is 0.384. The molecule has 0 bridgehead atoms. The van der Waals surface area contributed by atoms with E-state index in [4.69, 9.17) is 23.2 Å². The molecule has 0 radical (unpaired) electrons. The number of hydrogen-bond donors (Lipinski definition) is 0. The Labute approximate surface area is 125 Å². The number of amides is 2. The van der Waals surface area contributed by atoms with Gasteiger partial charge in [-0.25, -0.2) is 0 Å². The summed E-state index contributed by atoms with van der Waals surface area (Å²) < 4.78 is 0.848. The van der Waals surface area contributed by atoms with Crippen LogP contribution < -0.4 is 0 Å². The van der Waals surface area contributed by atoms with E-state index in [-0.39, 0.29) is 11.8 Å². The van der Waals surface area contributed by atoms with Crippen LogP contribution in [0.3, 0.4) is 0 Å². The zero-order chi connectivity index (χ0) is 14.2. The third-order valence-electron chi connectivity index (χ3n) is 3.13. The highest BCUT2D eigenvalue weighted by Gasteiger charge is 2.36. The van der Waals surface area contributed by atoms with Crippen molar-refractivity contribution in [3.05, 3.63) is 20.3 Å². The number of likely N-dealkylation sites (N-methyl/N-ethyl adjacent to an activating group) is 1. The van der Waals surface area contributed by atoms with Crippen LogP contribution in [0.5, 0.6) is 0 Å². The SMILES string of the molecule is CN(C)C(=O)[C@@H]1CCCN1C(=O)c1cc(Cl)sc1Cl. The molecular weight excluding hydrogens is 307 g/mol. The van der Waals surface area contributed by atoms with Gasteiger partial charge in [-0.1, -0.05) is 23.2 Å². The quantitative estimate of drug-likeness (QED) is 0.840. The maximum atomic E-state index is 12.4. The monoisotopic (exact) mass is 320 g/mol. The molecule has 0 aromatic carbocycles. The van der Waals surface area contributed by atoms with Gasteiger partial charge >= 0.3 is 0 Å². The van der Waals surface area contributed by atoms with E-state index in [0.717, 1.165) is 17.8 Å². The first-order valence-electron chi connectivity index (χ1n) is 5.88. The summed E-state index contributed by atoms with van der Waals surface area (Å²) in [5.74, 6) is -0.269. The molecule has 7 heteroatoms. The zero-order valence-electron chi connectivity index (χ0n) is 10.7. The number of likely N-dealkylation sites (tertiary alicyclic amines) is 1. The van der Waals surface area contributed by atoms with Gasteiger partial charge in [0.25, 0.3) is 5.91 Å². The molecule has 1 aromatic heterocycles. The lowest BCUT2D eigenvalue weighted by Crippen LogP contribution is -2.45. The summed E-state index contributed by atoms with van der Waals surface area (Å²) in [4.78, 5) is 27.6. The van der Waals surface area contributed by atoms with Crippen molar-refractivity contribution in [2.75, 3.05) is 20.6 Å². The predicted octanol–water partition coefficient (Wildman–Crippen LogP) is 2.75. The van der Waals surface area contributed by atoms with Gasteiger partial charge in [0.2, 0.25) is 5.91 Å². The summed E-state index contributed by atoms with van der Waals surface area (Å²) in [6.45, 7) is 0.576. The van der Waals surface area contributed by atoms with Crippen LogP contribution in [0, 0.1) is 0 Å². The fourth-order valence-electron chi connectivity index (χ4n) is 2.21. The average Bonchev–Trinajstić information content (AvgIpc) is 2.93. The van der Waals surface area contributed by atoms with E-state index in [2.05, 4.69) is 0 Å². The van der Waals surface area contributed by atoms with Crippen molar-refractivity contribution in [2.24, 2.45) is 0 Å². The van der Waals surface area contributed by atoms with Gasteiger partial charge in [-0.05, 0) is 18.9 Å². The average molecular weight is 321 g/mol. The minimum Gasteiger partial charge on any atom is -0.347 e. The highest BCUT2D eigenvalue weighted by atomic mass is 35.5. The molecule has 2 rings (SSSR count). The fraction of sp³-hybridized carbons (Fsp3) is 0.500. The lowest BCUT2D eigenvalue weighted by atomic mass is 10.2. The van der Waals surface area contributed by atoms with Crippen molar-refractivity contribution in [3.63, 3.8) is 0 Å². The van der Waals surface area contributed by atoms with Crippen LogP contribution in [0.4, 0.5) is 0 Å². The Morgan fingerprint density at radius 2 is 2.11 bits per heavy atom. The molecule has 0 spiro atoms. The number of hydrogen-bond acceptors (Lipinski definition) is 3. The number of thiophene rings is 1. The second-order valence-corrected chi connectivity index (χ2v) is 6.91. The minimum atomic E-state index is -0.391. The van der Waals surface area contributed by atoms with E-state index < -0.39 is 6.04 Å². The van der Waals surface area contributed by atoms with E-state index in [1.165, 1.54) is 4.90 Å². The van der Waals surface area contributed by atoms with Crippen molar-refractivity contribution in [3.8, 4) is 0 Å². The first kappa shape index (κ1) is 14.6. The summed E-state index contributed by atoms with van der Waals surface area (Å²) in [7, 11) is 3.38. The molecule has 1 fully saturated rings. The van der Waals surface area contributed by atoms with Crippen molar-refractivity contribution in [1.29, 1.82) is 0 Å². The first-order valence-corrected chi connectivity index (χ1v) is 7.46. The Kier molecular flexibility index (Phi) is 4.38. The maximum absolute atomic E-state index is 12.4. The molecule has 4 nitrogen and oxygen atoms in total. The number of halogens is 2. The van der Waals surface area contributed by atoms with Gasteiger partial charge in [0.15, 0.2) is 0 Å². The van der Waals surface area contributed by atoms with Gasteiger partial charge < -0.3 is 9.80 Å². The Bertz CT molecular complexity index is 516. The van der Waals surface area contributed by atoms with Gasteiger partial charge in [0.05, 0.1) is 9.90 Å². The summed E-state index contributed by atoms with van der Waals surface area (Å²) in [6, 6.07) is 1.17. The number of carbonyl (C=O) groups is 2. The second-order valence-electron chi connectivity index (χ2n) is 4.63.